The van der Waals surface area contributed by atoms with E-state index in [9.17, 15) is 21.9 Å². The van der Waals surface area contributed by atoms with E-state index in [-0.39, 0.29) is 17.4 Å². The zero-order chi connectivity index (χ0) is 26.0. The molecule has 0 amide bonds. The van der Waals surface area contributed by atoms with Crippen LogP contribution >= 0.6 is 30.6 Å². The molecule has 11 heteroatoms. The van der Waals surface area contributed by atoms with Crippen molar-refractivity contribution in [2.45, 2.75) is 31.8 Å². The molecule has 4 nitrogen and oxygen atoms in total. The molecular formula is C24H23Cl2F3NO3PS. The van der Waals surface area contributed by atoms with Crippen molar-refractivity contribution in [1.82, 2.24) is 0 Å². The molecule has 3 rings (SSSR count). The highest BCUT2D eigenvalue weighted by Crippen LogP contribution is 2.48. The van der Waals surface area contributed by atoms with E-state index < -0.39 is 34.9 Å². The molecular weight excluding hydrogens is 541 g/mol. The van der Waals surface area contributed by atoms with Crippen molar-refractivity contribution in [3.63, 3.8) is 0 Å². The van der Waals surface area contributed by atoms with Gasteiger partial charge in [-0.2, -0.15) is 13.2 Å². The van der Waals surface area contributed by atoms with Gasteiger partial charge in [-0.25, -0.2) is 0 Å². The third-order valence-electron chi connectivity index (χ3n) is 5.17. The van der Waals surface area contributed by atoms with Crippen molar-refractivity contribution in [3.8, 4) is 0 Å². The lowest BCUT2D eigenvalue weighted by Gasteiger charge is -2.24. The number of halogens is 5. The van der Waals surface area contributed by atoms with Gasteiger partial charge in [0.2, 0.25) is 0 Å². The lowest BCUT2D eigenvalue weighted by Crippen LogP contribution is -2.24. The molecule has 2 unspecified atom stereocenters. The zero-order valence-electron chi connectivity index (χ0n) is 19.1. The van der Waals surface area contributed by atoms with Crippen LogP contribution in [0.4, 0.5) is 18.9 Å². The van der Waals surface area contributed by atoms with Gasteiger partial charge in [-0.3, -0.25) is 8.77 Å². The maximum Gasteiger partial charge on any atom is 0.417 e. The SMILES string of the molecule is CCOP(=O)(c1cc(C)ccc1C)c1ccc(Cl)cc1NCS(=O)c1ccc(Cl)c(C(F)(F)F)c1. The van der Waals surface area contributed by atoms with Gasteiger partial charge in [-0.05, 0) is 68.8 Å². The Morgan fingerprint density at radius 2 is 1.71 bits per heavy atom. The molecule has 0 aliphatic carbocycles. The molecule has 0 saturated heterocycles. The second kappa shape index (κ2) is 11.1. The Morgan fingerprint density at radius 3 is 2.37 bits per heavy atom. The monoisotopic (exact) mass is 563 g/mol. The Balaban J connectivity index is 1.99. The maximum absolute atomic E-state index is 14.3. The summed E-state index contributed by atoms with van der Waals surface area (Å²) in [7, 11) is -5.48. The summed E-state index contributed by atoms with van der Waals surface area (Å²) in [5.74, 6) is -0.259. The highest BCUT2D eigenvalue weighted by atomic mass is 35.5. The van der Waals surface area contributed by atoms with Crippen LogP contribution in [0.2, 0.25) is 10.0 Å². The molecule has 0 fully saturated rings. The molecule has 0 spiro atoms. The first kappa shape index (κ1) is 27.8. The fourth-order valence-corrected chi connectivity index (χ4v) is 7.35. The average molecular weight is 564 g/mol. The summed E-state index contributed by atoms with van der Waals surface area (Å²) >= 11 is 11.8. The minimum Gasteiger partial charge on any atom is -0.373 e. The Kier molecular flexibility index (Phi) is 8.77. The van der Waals surface area contributed by atoms with E-state index in [1.165, 1.54) is 12.1 Å². The molecule has 0 aromatic heterocycles. The number of anilines is 1. The van der Waals surface area contributed by atoms with Crippen LogP contribution in [-0.4, -0.2) is 16.7 Å². The van der Waals surface area contributed by atoms with Gasteiger partial charge in [0.15, 0.2) is 0 Å². The Labute approximate surface area is 214 Å². The third kappa shape index (κ3) is 6.30. The van der Waals surface area contributed by atoms with Crippen molar-refractivity contribution in [2.75, 3.05) is 17.8 Å². The maximum atomic E-state index is 14.3. The van der Waals surface area contributed by atoms with Gasteiger partial charge < -0.3 is 9.84 Å². The van der Waals surface area contributed by atoms with Gasteiger partial charge in [-0.1, -0.05) is 40.9 Å². The molecule has 3 aromatic carbocycles. The van der Waals surface area contributed by atoms with Gasteiger partial charge in [0, 0.05) is 20.9 Å². The van der Waals surface area contributed by atoms with Crippen LogP contribution < -0.4 is 15.9 Å². The van der Waals surface area contributed by atoms with Crippen LogP contribution in [0.5, 0.6) is 0 Å². The number of alkyl halides is 3. The summed E-state index contributed by atoms with van der Waals surface area (Å²) in [5, 5.41) is 3.64. The first-order chi connectivity index (χ1) is 16.4. The first-order valence-corrected chi connectivity index (χ1v) is 14.2. The fourth-order valence-electron chi connectivity index (χ4n) is 3.48. The highest BCUT2D eigenvalue weighted by molar-refractivity contribution is 7.85. The van der Waals surface area contributed by atoms with Crippen molar-refractivity contribution >= 4 is 57.7 Å². The zero-order valence-corrected chi connectivity index (χ0v) is 22.3. The molecule has 188 valence electrons. The summed E-state index contributed by atoms with van der Waals surface area (Å²) in [6.45, 7) is 5.61. The summed E-state index contributed by atoms with van der Waals surface area (Å²) in [6, 6.07) is 13.3. The minimum atomic E-state index is -4.68. The fraction of sp³-hybridized carbons (Fsp3) is 0.250. The van der Waals surface area contributed by atoms with Crippen LogP contribution in [0.15, 0.2) is 59.5 Å². The number of hydrogen-bond donors (Lipinski definition) is 1. The average Bonchev–Trinajstić information content (AvgIpc) is 2.78. The normalized spacial score (nSPS) is 14.4. The number of rotatable bonds is 8. The standard InChI is InChI=1S/C24H23Cl2F3NO3PS/c1-4-33-34(31,23-11-15(2)5-6-16(23)3)22-10-7-17(25)12-21(22)30-14-35(32)18-8-9-20(26)19(13-18)24(27,28)29/h5-13,30H,4,14H2,1-3H3. The second-order valence-corrected chi connectivity index (χ2v) is 12.3. The van der Waals surface area contributed by atoms with Gasteiger partial charge >= 0.3 is 6.18 Å². The second-order valence-electron chi connectivity index (χ2n) is 7.73. The van der Waals surface area contributed by atoms with E-state index in [1.54, 1.807) is 25.1 Å². The smallest absolute Gasteiger partial charge is 0.373 e. The molecule has 35 heavy (non-hydrogen) atoms. The van der Waals surface area contributed by atoms with E-state index >= 15 is 0 Å². The van der Waals surface area contributed by atoms with Gasteiger partial charge in [-0.15, -0.1) is 0 Å². The summed E-state index contributed by atoms with van der Waals surface area (Å²) < 4.78 is 72.6. The number of hydrogen-bond acceptors (Lipinski definition) is 4. The molecule has 0 aliphatic rings. The number of aryl methyl sites for hydroxylation is 2. The quantitative estimate of drug-likeness (QED) is 0.298. The predicted octanol–water partition coefficient (Wildman–Crippen LogP) is 7.07. The summed E-state index contributed by atoms with van der Waals surface area (Å²) in [6.07, 6.45) is -4.68. The molecule has 0 radical (unpaired) electrons. The van der Waals surface area contributed by atoms with Gasteiger partial charge in [0.1, 0.15) is 0 Å². The molecule has 1 N–H and O–H groups in total. The van der Waals surface area contributed by atoms with E-state index in [2.05, 4.69) is 5.32 Å². The Morgan fingerprint density at radius 1 is 1.00 bits per heavy atom. The Bertz CT molecular complexity index is 1320. The van der Waals surface area contributed by atoms with Crippen molar-refractivity contribution in [1.29, 1.82) is 0 Å². The van der Waals surface area contributed by atoms with Gasteiger partial charge in [0.05, 0.1) is 39.2 Å². The van der Waals surface area contributed by atoms with E-state index in [0.717, 1.165) is 23.3 Å². The van der Waals surface area contributed by atoms with E-state index in [0.29, 0.717) is 21.3 Å². The molecule has 2 atom stereocenters. The molecule has 3 aromatic rings. The molecule has 0 saturated carbocycles. The largest absolute Gasteiger partial charge is 0.417 e. The third-order valence-corrected chi connectivity index (χ3v) is 9.68. The lowest BCUT2D eigenvalue weighted by atomic mass is 10.2. The predicted molar refractivity (Wildman–Crippen MR) is 137 cm³/mol. The van der Waals surface area contributed by atoms with Crippen molar-refractivity contribution in [3.05, 3.63) is 81.3 Å². The molecule has 0 heterocycles. The van der Waals surface area contributed by atoms with Crippen molar-refractivity contribution < 1.29 is 26.5 Å². The van der Waals surface area contributed by atoms with E-state index in [1.807, 2.05) is 26.0 Å². The minimum absolute atomic E-state index is 0.0553. The highest BCUT2D eigenvalue weighted by Gasteiger charge is 2.34. The van der Waals surface area contributed by atoms with E-state index in [4.69, 9.17) is 27.7 Å². The summed E-state index contributed by atoms with van der Waals surface area (Å²) in [5.41, 5.74) is 0.925. The topological polar surface area (TPSA) is 55.4 Å². The number of nitrogens with one attached hydrogen (secondary N) is 1. The molecule has 0 bridgehead atoms. The van der Waals surface area contributed by atoms with Crippen molar-refractivity contribution in [2.24, 2.45) is 0 Å². The van der Waals surface area contributed by atoms with Crippen LogP contribution in [0, 0.1) is 13.8 Å². The lowest BCUT2D eigenvalue weighted by molar-refractivity contribution is -0.137. The van der Waals surface area contributed by atoms with Crippen LogP contribution in [0.25, 0.3) is 0 Å². The van der Waals surface area contributed by atoms with Crippen LogP contribution in [0.1, 0.15) is 23.6 Å². The van der Waals surface area contributed by atoms with Gasteiger partial charge in [0.25, 0.3) is 7.37 Å². The summed E-state index contributed by atoms with van der Waals surface area (Å²) in [4.78, 5) is -0.0553. The Hall–Kier alpha value is -1.83. The first-order valence-electron chi connectivity index (χ1n) is 10.5. The van der Waals surface area contributed by atoms with Crippen LogP contribution in [-0.2, 0) is 26.1 Å². The number of benzene rings is 3. The van der Waals surface area contributed by atoms with Crippen LogP contribution in [0.3, 0.4) is 0 Å². The molecule has 0 aliphatic heterocycles.